The number of hydrogen-bond acceptors (Lipinski definition) is 8. The van der Waals surface area contributed by atoms with Crippen molar-refractivity contribution in [2.75, 3.05) is 24.6 Å². The van der Waals surface area contributed by atoms with E-state index in [2.05, 4.69) is 44.1 Å². The van der Waals surface area contributed by atoms with Gasteiger partial charge in [-0.3, -0.25) is 4.57 Å². The molecule has 2 saturated heterocycles. The first-order chi connectivity index (χ1) is 15.1. The van der Waals surface area contributed by atoms with Crippen LogP contribution in [-0.2, 0) is 4.74 Å². The van der Waals surface area contributed by atoms with Gasteiger partial charge in [0.25, 0.3) is 0 Å². The highest BCUT2D eigenvalue weighted by Gasteiger charge is 2.44. The van der Waals surface area contributed by atoms with E-state index in [0.29, 0.717) is 22.9 Å². The molecule has 10 heteroatoms. The van der Waals surface area contributed by atoms with Crippen molar-refractivity contribution in [1.29, 1.82) is 0 Å². The maximum atomic E-state index is 10.4. The SMILES string of the molecule is OC[C@H]1O[C@@H](n2cnc3c(N4CCC(c5ccccc5)CC4)nc(Cl)nc32)C(O)[C@H]1O. The van der Waals surface area contributed by atoms with Crippen LogP contribution < -0.4 is 4.90 Å². The number of rotatable bonds is 4. The smallest absolute Gasteiger partial charge is 0.226 e. The summed E-state index contributed by atoms with van der Waals surface area (Å²) in [7, 11) is 0. The third-order valence-corrected chi connectivity index (χ3v) is 6.40. The molecule has 0 aliphatic carbocycles. The molecule has 2 fully saturated rings. The Hall–Kier alpha value is -2.30. The molecule has 9 nitrogen and oxygen atoms in total. The van der Waals surface area contributed by atoms with Crippen molar-refractivity contribution in [3.63, 3.8) is 0 Å². The number of aromatic nitrogens is 4. The first kappa shape index (κ1) is 20.6. The van der Waals surface area contributed by atoms with E-state index >= 15 is 0 Å². The van der Waals surface area contributed by atoms with E-state index in [1.54, 1.807) is 0 Å². The lowest BCUT2D eigenvalue weighted by atomic mass is 9.89. The third kappa shape index (κ3) is 3.66. The number of benzene rings is 1. The lowest BCUT2D eigenvalue weighted by Crippen LogP contribution is -2.34. The van der Waals surface area contributed by atoms with E-state index in [1.807, 2.05) is 6.07 Å². The average Bonchev–Trinajstić information content (AvgIpc) is 3.34. The Kier molecular flexibility index (Phi) is 5.53. The molecule has 164 valence electrons. The normalized spacial score (nSPS) is 27.3. The Balaban J connectivity index is 1.42. The lowest BCUT2D eigenvalue weighted by molar-refractivity contribution is -0.0511. The number of anilines is 1. The summed E-state index contributed by atoms with van der Waals surface area (Å²) in [6.45, 7) is 1.21. The topological polar surface area (TPSA) is 117 Å². The molecule has 31 heavy (non-hydrogen) atoms. The molecule has 0 saturated carbocycles. The Morgan fingerprint density at radius 3 is 2.48 bits per heavy atom. The highest BCUT2D eigenvalue weighted by Crippen LogP contribution is 2.35. The van der Waals surface area contributed by atoms with Gasteiger partial charge >= 0.3 is 0 Å². The average molecular weight is 446 g/mol. The summed E-state index contributed by atoms with van der Waals surface area (Å²) in [6.07, 6.45) is -0.776. The summed E-state index contributed by atoms with van der Waals surface area (Å²) >= 11 is 6.24. The zero-order chi connectivity index (χ0) is 21.5. The van der Waals surface area contributed by atoms with Crippen LogP contribution in [0.1, 0.15) is 30.6 Å². The monoisotopic (exact) mass is 445 g/mol. The maximum Gasteiger partial charge on any atom is 0.226 e. The van der Waals surface area contributed by atoms with Gasteiger partial charge in [-0.2, -0.15) is 9.97 Å². The predicted molar refractivity (Wildman–Crippen MR) is 114 cm³/mol. The van der Waals surface area contributed by atoms with Crippen LogP contribution in [0.4, 0.5) is 5.82 Å². The number of aliphatic hydroxyl groups excluding tert-OH is 3. The summed E-state index contributed by atoms with van der Waals surface area (Å²) in [5, 5.41) is 29.9. The molecule has 4 atom stereocenters. The van der Waals surface area contributed by atoms with Gasteiger partial charge in [-0.05, 0) is 35.9 Å². The summed E-state index contributed by atoms with van der Waals surface area (Å²) in [4.78, 5) is 15.4. The van der Waals surface area contributed by atoms with Crippen LogP contribution >= 0.6 is 11.6 Å². The van der Waals surface area contributed by atoms with Crippen LogP contribution in [0.2, 0.25) is 5.28 Å². The molecule has 4 heterocycles. The molecule has 1 unspecified atom stereocenters. The first-order valence-electron chi connectivity index (χ1n) is 10.4. The van der Waals surface area contributed by atoms with Gasteiger partial charge in [0.1, 0.15) is 18.3 Å². The molecule has 1 aromatic carbocycles. The van der Waals surface area contributed by atoms with Crippen LogP contribution in [0.25, 0.3) is 11.2 Å². The molecule has 3 N–H and O–H groups in total. The van der Waals surface area contributed by atoms with Crippen molar-refractivity contribution in [2.24, 2.45) is 0 Å². The molecule has 5 rings (SSSR count). The number of aliphatic hydroxyl groups is 3. The fourth-order valence-electron chi connectivity index (χ4n) is 4.54. The fourth-order valence-corrected chi connectivity index (χ4v) is 4.70. The number of fused-ring (bicyclic) bond motifs is 1. The highest BCUT2D eigenvalue weighted by molar-refractivity contribution is 6.28. The van der Waals surface area contributed by atoms with Gasteiger partial charge in [-0.15, -0.1) is 0 Å². The van der Waals surface area contributed by atoms with Crippen molar-refractivity contribution in [1.82, 2.24) is 19.5 Å². The summed E-state index contributed by atoms with van der Waals surface area (Å²) in [5.74, 6) is 1.15. The van der Waals surface area contributed by atoms with Crippen LogP contribution in [0, 0.1) is 0 Å². The molecule has 0 bridgehead atoms. The molecule has 0 spiro atoms. The molecule has 0 amide bonds. The van der Waals surface area contributed by atoms with Crippen LogP contribution in [-0.4, -0.2) is 72.8 Å². The minimum Gasteiger partial charge on any atom is -0.394 e. The van der Waals surface area contributed by atoms with Crippen molar-refractivity contribution in [3.8, 4) is 0 Å². The van der Waals surface area contributed by atoms with E-state index in [4.69, 9.17) is 16.3 Å². The van der Waals surface area contributed by atoms with E-state index in [-0.39, 0.29) is 5.28 Å². The number of halogens is 1. The second kappa shape index (κ2) is 8.33. The molecule has 2 aliphatic heterocycles. The largest absolute Gasteiger partial charge is 0.394 e. The number of nitrogens with zero attached hydrogens (tertiary/aromatic N) is 5. The summed E-state index contributed by atoms with van der Waals surface area (Å²) in [6, 6.07) is 10.5. The maximum absolute atomic E-state index is 10.4. The number of hydrogen-bond donors (Lipinski definition) is 3. The van der Waals surface area contributed by atoms with Crippen molar-refractivity contribution in [2.45, 2.75) is 43.3 Å². The van der Waals surface area contributed by atoms with Gasteiger partial charge in [0.2, 0.25) is 5.28 Å². The molecule has 0 radical (unpaired) electrons. The first-order valence-corrected chi connectivity index (χ1v) is 10.8. The molecular weight excluding hydrogens is 422 g/mol. The lowest BCUT2D eigenvalue weighted by Gasteiger charge is -2.33. The number of ether oxygens (including phenoxy) is 1. The Morgan fingerprint density at radius 1 is 1.06 bits per heavy atom. The van der Waals surface area contributed by atoms with E-state index in [9.17, 15) is 15.3 Å². The highest BCUT2D eigenvalue weighted by atomic mass is 35.5. The standard InChI is InChI=1S/C21H24ClN5O4/c22-21-24-18(26-8-6-13(7-9-26)12-4-2-1-3-5-12)15-19(25-21)27(11-23-15)20-17(30)16(29)14(10-28)31-20/h1-5,11,13-14,16-17,20,28-30H,6-10H2/t14-,16+,17?,20-/m1/s1. The zero-order valence-corrected chi connectivity index (χ0v) is 17.5. The van der Waals surface area contributed by atoms with Gasteiger partial charge in [-0.25, -0.2) is 4.98 Å². The van der Waals surface area contributed by atoms with Gasteiger partial charge in [0, 0.05) is 13.1 Å². The molecule has 3 aromatic rings. The van der Waals surface area contributed by atoms with E-state index in [0.717, 1.165) is 25.9 Å². The van der Waals surface area contributed by atoms with E-state index < -0.39 is 31.1 Å². The van der Waals surface area contributed by atoms with Crippen LogP contribution in [0.15, 0.2) is 36.7 Å². The molecule has 2 aromatic heterocycles. The minimum absolute atomic E-state index is 0.0705. The predicted octanol–water partition coefficient (Wildman–Crippen LogP) is 1.48. The second-order valence-electron chi connectivity index (χ2n) is 8.04. The van der Waals surface area contributed by atoms with Crippen molar-refractivity contribution >= 4 is 28.6 Å². The minimum atomic E-state index is -1.23. The third-order valence-electron chi connectivity index (χ3n) is 6.23. The Morgan fingerprint density at radius 2 is 1.81 bits per heavy atom. The van der Waals surface area contributed by atoms with Crippen molar-refractivity contribution < 1.29 is 20.1 Å². The molecule has 2 aliphatic rings. The summed E-state index contributed by atoms with van der Waals surface area (Å²) < 4.78 is 7.17. The van der Waals surface area contributed by atoms with Crippen molar-refractivity contribution in [3.05, 3.63) is 47.5 Å². The van der Waals surface area contributed by atoms with Crippen LogP contribution in [0.5, 0.6) is 0 Å². The number of imidazole rings is 1. The van der Waals surface area contributed by atoms with Gasteiger partial charge in [0.05, 0.1) is 12.9 Å². The quantitative estimate of drug-likeness (QED) is 0.517. The van der Waals surface area contributed by atoms with Gasteiger partial charge in [0.15, 0.2) is 23.2 Å². The Labute approximate surface area is 183 Å². The number of piperidine rings is 1. The Bertz CT molecular complexity index is 1060. The second-order valence-corrected chi connectivity index (χ2v) is 8.38. The van der Waals surface area contributed by atoms with Gasteiger partial charge in [-0.1, -0.05) is 30.3 Å². The zero-order valence-electron chi connectivity index (χ0n) is 16.8. The fraction of sp³-hybridized carbons (Fsp3) is 0.476. The summed E-state index contributed by atoms with van der Waals surface area (Å²) in [5.41, 5.74) is 2.32. The van der Waals surface area contributed by atoms with Gasteiger partial charge < -0.3 is 25.0 Å². The molecular formula is C21H24ClN5O4. The van der Waals surface area contributed by atoms with E-state index in [1.165, 1.54) is 16.5 Å². The van der Waals surface area contributed by atoms with Crippen LogP contribution in [0.3, 0.4) is 0 Å².